The molecule has 1 aliphatic rings. The highest BCUT2D eigenvalue weighted by molar-refractivity contribution is 6.31. The maximum atomic E-state index is 9.24. The molecular formula is C18H21ClN4O2. The number of hydrogen-bond donors (Lipinski definition) is 1. The number of nitrogens with zero attached hydrogens (tertiary/aromatic N) is 3. The van der Waals surface area contributed by atoms with Crippen LogP contribution in [0.3, 0.4) is 0 Å². The van der Waals surface area contributed by atoms with Gasteiger partial charge < -0.3 is 14.5 Å². The molecule has 0 amide bonds. The van der Waals surface area contributed by atoms with E-state index in [1.54, 1.807) is 0 Å². The van der Waals surface area contributed by atoms with Crippen molar-refractivity contribution in [2.24, 2.45) is 0 Å². The fraction of sp³-hybridized carbons (Fsp3) is 0.444. The summed E-state index contributed by atoms with van der Waals surface area (Å²) in [4.78, 5) is 6.51. The van der Waals surface area contributed by atoms with Gasteiger partial charge in [-0.25, -0.2) is 4.98 Å². The molecule has 3 rings (SSSR count). The molecule has 25 heavy (non-hydrogen) atoms. The molecule has 0 spiro atoms. The van der Waals surface area contributed by atoms with Gasteiger partial charge >= 0.3 is 0 Å². The van der Waals surface area contributed by atoms with E-state index in [0.29, 0.717) is 38.0 Å². The Morgan fingerprint density at radius 1 is 1.36 bits per heavy atom. The molecule has 1 aliphatic heterocycles. The Balaban J connectivity index is 1.82. The lowest BCUT2D eigenvalue weighted by Gasteiger charge is -2.35. The van der Waals surface area contributed by atoms with Gasteiger partial charge in [0, 0.05) is 31.1 Å². The van der Waals surface area contributed by atoms with Crippen LogP contribution in [0.4, 0.5) is 5.88 Å². The van der Waals surface area contributed by atoms with Crippen molar-refractivity contribution >= 4 is 17.5 Å². The number of benzene rings is 1. The van der Waals surface area contributed by atoms with Crippen LogP contribution in [0, 0.1) is 11.3 Å². The van der Waals surface area contributed by atoms with E-state index in [2.05, 4.69) is 21.3 Å². The van der Waals surface area contributed by atoms with Crippen LogP contribution in [0.25, 0.3) is 0 Å². The number of nitrogens with one attached hydrogen (secondary N) is 1. The summed E-state index contributed by atoms with van der Waals surface area (Å²) in [5.74, 6) is 0.976. The molecular weight excluding hydrogens is 340 g/mol. The average molecular weight is 361 g/mol. The minimum absolute atomic E-state index is 0.0549. The van der Waals surface area contributed by atoms with E-state index < -0.39 is 0 Å². The Morgan fingerprint density at radius 3 is 2.80 bits per heavy atom. The largest absolute Gasteiger partial charge is 0.424 e. The fourth-order valence-electron chi connectivity index (χ4n) is 2.97. The molecule has 1 atom stereocenters. The van der Waals surface area contributed by atoms with Crippen LogP contribution in [-0.4, -0.2) is 42.7 Å². The van der Waals surface area contributed by atoms with Crippen LogP contribution in [0.1, 0.15) is 30.1 Å². The van der Waals surface area contributed by atoms with Crippen molar-refractivity contribution in [3.63, 3.8) is 0 Å². The van der Waals surface area contributed by atoms with E-state index in [0.717, 1.165) is 23.7 Å². The number of nitriles is 1. The molecule has 0 unspecified atom stereocenters. The molecule has 2 aromatic rings. The predicted molar refractivity (Wildman–Crippen MR) is 95.7 cm³/mol. The first-order valence-electron chi connectivity index (χ1n) is 8.42. The number of ether oxygens (including phenoxy) is 1. The first-order chi connectivity index (χ1) is 12.2. The van der Waals surface area contributed by atoms with Crippen molar-refractivity contribution in [1.82, 2.24) is 9.88 Å². The Labute approximate surface area is 152 Å². The van der Waals surface area contributed by atoms with Gasteiger partial charge in [-0.05, 0) is 11.6 Å². The zero-order chi connectivity index (χ0) is 17.6. The number of rotatable bonds is 6. The predicted octanol–water partition coefficient (Wildman–Crippen LogP) is 3.25. The smallest absolute Gasteiger partial charge is 0.232 e. The SMILES string of the molecule is CCc1nc(C#N)c(NC[C@H](c2ccccc2Cl)N2CCOCC2)o1. The number of aryl methyl sites for hydroxylation is 1. The standard InChI is InChI=1S/C18H21ClN4O2/c1-2-17-22-15(11-20)18(25-17)21-12-16(23-7-9-24-10-8-23)13-5-3-4-6-14(13)19/h3-6,16,21H,2,7-10,12H2,1H3/t16-/m1/s1. The second-order valence-electron chi connectivity index (χ2n) is 5.82. The fourth-order valence-corrected chi connectivity index (χ4v) is 3.23. The maximum absolute atomic E-state index is 9.24. The van der Waals surface area contributed by atoms with Gasteiger partial charge in [0.2, 0.25) is 11.6 Å². The van der Waals surface area contributed by atoms with Gasteiger partial charge in [-0.3, -0.25) is 4.90 Å². The molecule has 1 aromatic heterocycles. The lowest BCUT2D eigenvalue weighted by atomic mass is 10.0. The topological polar surface area (TPSA) is 74.3 Å². The number of morpholine rings is 1. The van der Waals surface area contributed by atoms with Crippen LogP contribution in [0.15, 0.2) is 28.7 Å². The Bertz CT molecular complexity index is 750. The van der Waals surface area contributed by atoms with Crippen LogP contribution in [-0.2, 0) is 11.2 Å². The summed E-state index contributed by atoms with van der Waals surface area (Å²) in [5, 5.41) is 13.2. The summed E-state index contributed by atoms with van der Waals surface area (Å²) < 4.78 is 11.1. The van der Waals surface area contributed by atoms with E-state index in [1.165, 1.54) is 0 Å². The van der Waals surface area contributed by atoms with E-state index in [9.17, 15) is 5.26 Å². The summed E-state index contributed by atoms with van der Waals surface area (Å²) in [6.45, 7) is 5.58. The molecule has 0 bridgehead atoms. The van der Waals surface area contributed by atoms with Gasteiger partial charge in [0.1, 0.15) is 6.07 Å². The highest BCUT2D eigenvalue weighted by Crippen LogP contribution is 2.29. The van der Waals surface area contributed by atoms with E-state index in [-0.39, 0.29) is 11.7 Å². The molecule has 1 aromatic carbocycles. The minimum Gasteiger partial charge on any atom is -0.424 e. The molecule has 7 heteroatoms. The van der Waals surface area contributed by atoms with Gasteiger partial charge in [-0.2, -0.15) is 5.26 Å². The number of hydrogen-bond acceptors (Lipinski definition) is 6. The summed E-state index contributed by atoms with van der Waals surface area (Å²) in [6.07, 6.45) is 0.647. The molecule has 1 saturated heterocycles. The first kappa shape index (κ1) is 17.7. The highest BCUT2D eigenvalue weighted by atomic mass is 35.5. The third kappa shape index (κ3) is 4.13. The van der Waals surface area contributed by atoms with Crippen LogP contribution in [0.5, 0.6) is 0 Å². The van der Waals surface area contributed by atoms with E-state index >= 15 is 0 Å². The number of oxazole rings is 1. The number of anilines is 1. The molecule has 0 saturated carbocycles. The first-order valence-corrected chi connectivity index (χ1v) is 8.80. The quantitative estimate of drug-likeness (QED) is 0.852. The van der Waals surface area contributed by atoms with E-state index in [1.807, 2.05) is 31.2 Å². The Kier molecular flexibility index (Phi) is 5.92. The van der Waals surface area contributed by atoms with Crippen LogP contribution in [0.2, 0.25) is 5.02 Å². The molecule has 132 valence electrons. The maximum Gasteiger partial charge on any atom is 0.232 e. The lowest BCUT2D eigenvalue weighted by Crippen LogP contribution is -2.41. The molecule has 1 fully saturated rings. The van der Waals surface area contributed by atoms with Crippen molar-refractivity contribution in [2.75, 3.05) is 38.2 Å². The second kappa shape index (κ2) is 8.34. The number of aromatic nitrogens is 1. The van der Waals surface area contributed by atoms with Gasteiger partial charge in [0.15, 0.2) is 5.89 Å². The average Bonchev–Trinajstić information content (AvgIpc) is 3.06. The zero-order valence-electron chi connectivity index (χ0n) is 14.2. The number of halogens is 1. The third-order valence-electron chi connectivity index (χ3n) is 4.29. The third-order valence-corrected chi connectivity index (χ3v) is 4.63. The monoisotopic (exact) mass is 360 g/mol. The van der Waals surface area contributed by atoms with Crippen LogP contribution < -0.4 is 5.32 Å². The summed E-state index contributed by atoms with van der Waals surface area (Å²) >= 11 is 6.43. The van der Waals surface area contributed by atoms with Crippen LogP contribution >= 0.6 is 11.6 Å². The Morgan fingerprint density at radius 2 is 2.12 bits per heavy atom. The normalized spacial score (nSPS) is 16.4. The van der Waals surface area contributed by atoms with E-state index in [4.69, 9.17) is 20.8 Å². The van der Waals surface area contributed by atoms with Crippen molar-refractivity contribution in [2.45, 2.75) is 19.4 Å². The van der Waals surface area contributed by atoms with Crippen molar-refractivity contribution in [1.29, 1.82) is 5.26 Å². The molecule has 2 heterocycles. The molecule has 0 radical (unpaired) electrons. The summed E-state index contributed by atoms with van der Waals surface area (Å²) in [6, 6.07) is 9.97. The van der Waals surface area contributed by atoms with Gasteiger partial charge in [0.05, 0.1) is 19.3 Å². The highest BCUT2D eigenvalue weighted by Gasteiger charge is 2.25. The van der Waals surface area contributed by atoms with Gasteiger partial charge in [0.25, 0.3) is 0 Å². The lowest BCUT2D eigenvalue weighted by molar-refractivity contribution is 0.0186. The van der Waals surface area contributed by atoms with Gasteiger partial charge in [-0.15, -0.1) is 0 Å². The van der Waals surface area contributed by atoms with Crippen molar-refractivity contribution in [3.8, 4) is 6.07 Å². The summed E-state index contributed by atoms with van der Waals surface area (Å²) in [7, 11) is 0. The minimum atomic E-state index is 0.0549. The molecule has 1 N–H and O–H groups in total. The Hall–Kier alpha value is -2.07. The zero-order valence-corrected chi connectivity index (χ0v) is 14.9. The van der Waals surface area contributed by atoms with Gasteiger partial charge in [-0.1, -0.05) is 36.7 Å². The summed E-state index contributed by atoms with van der Waals surface area (Å²) in [5.41, 5.74) is 1.34. The second-order valence-corrected chi connectivity index (χ2v) is 6.22. The molecule has 6 nitrogen and oxygen atoms in total. The van der Waals surface area contributed by atoms with Crippen molar-refractivity contribution < 1.29 is 9.15 Å². The van der Waals surface area contributed by atoms with Crippen molar-refractivity contribution in [3.05, 3.63) is 46.4 Å². The molecule has 0 aliphatic carbocycles.